The Morgan fingerprint density at radius 2 is 1.03 bits per heavy atom. The number of ether oxygens (including phenoxy) is 4. The van der Waals surface area contributed by atoms with Crippen LogP contribution in [0.25, 0.3) is 11.1 Å². The first-order valence-corrected chi connectivity index (χ1v) is 13.1. The molecule has 2 aromatic rings. The molecule has 0 atom stereocenters. The van der Waals surface area contributed by atoms with Crippen LogP contribution in [-0.4, -0.2) is 61.9 Å². The molecule has 5 heteroatoms. The van der Waals surface area contributed by atoms with E-state index >= 15 is 0 Å². The highest BCUT2D eigenvalue weighted by Gasteiger charge is 2.43. The van der Waals surface area contributed by atoms with E-state index in [1.807, 2.05) is 0 Å². The smallest absolute Gasteiger partial charge is 0.119 e. The van der Waals surface area contributed by atoms with Crippen molar-refractivity contribution in [1.29, 1.82) is 0 Å². The second kappa shape index (κ2) is 11.6. The maximum atomic E-state index is 5.78. The first-order chi connectivity index (χ1) is 14.3. The standard InChI is InChI=1S/C24H34O4Si/c1-25-15-17-27-13-7-19-29(20-8-14-28-18-16-26-2)23-11-5-3-9-21(23)22-10-4-6-12-24(22)29/h3-6,9-12H,7-8,13-20H2,1-2H3. The summed E-state index contributed by atoms with van der Waals surface area (Å²) in [6, 6.07) is 20.5. The van der Waals surface area contributed by atoms with E-state index in [2.05, 4.69) is 48.5 Å². The van der Waals surface area contributed by atoms with Crippen LogP contribution in [0.1, 0.15) is 12.8 Å². The molecular formula is C24H34O4Si. The average molecular weight is 415 g/mol. The van der Waals surface area contributed by atoms with Crippen LogP contribution in [0.2, 0.25) is 12.1 Å². The zero-order chi connectivity index (χ0) is 20.4. The molecule has 0 aliphatic carbocycles. The molecule has 4 nitrogen and oxygen atoms in total. The maximum absolute atomic E-state index is 5.78. The van der Waals surface area contributed by atoms with Gasteiger partial charge in [-0.3, -0.25) is 0 Å². The molecule has 1 heterocycles. The summed E-state index contributed by atoms with van der Waals surface area (Å²) < 4.78 is 21.7. The fraction of sp³-hybridized carbons (Fsp3) is 0.500. The molecule has 0 unspecified atom stereocenters. The lowest BCUT2D eigenvalue weighted by atomic mass is 10.1. The number of fused-ring (bicyclic) bond motifs is 3. The molecule has 0 fully saturated rings. The summed E-state index contributed by atoms with van der Waals surface area (Å²) in [6.45, 7) is 4.26. The first-order valence-electron chi connectivity index (χ1n) is 10.7. The van der Waals surface area contributed by atoms with Crippen molar-refractivity contribution in [3.8, 4) is 11.1 Å². The van der Waals surface area contributed by atoms with Gasteiger partial charge in [0.1, 0.15) is 8.07 Å². The van der Waals surface area contributed by atoms with Gasteiger partial charge in [0.25, 0.3) is 0 Å². The van der Waals surface area contributed by atoms with E-state index in [-0.39, 0.29) is 0 Å². The van der Waals surface area contributed by atoms with E-state index in [1.54, 1.807) is 24.6 Å². The third-order valence-corrected chi connectivity index (χ3v) is 11.2. The van der Waals surface area contributed by atoms with E-state index in [9.17, 15) is 0 Å². The Labute approximate surface area is 176 Å². The van der Waals surface area contributed by atoms with Crippen LogP contribution < -0.4 is 10.4 Å². The first kappa shape index (κ1) is 22.2. The van der Waals surface area contributed by atoms with Gasteiger partial charge in [-0.15, -0.1) is 0 Å². The van der Waals surface area contributed by atoms with Gasteiger partial charge in [0, 0.05) is 27.4 Å². The number of hydrogen-bond acceptors (Lipinski definition) is 4. The van der Waals surface area contributed by atoms with Crippen molar-refractivity contribution >= 4 is 18.4 Å². The lowest BCUT2D eigenvalue weighted by Gasteiger charge is -2.30. The number of methoxy groups -OCH3 is 2. The Bertz CT molecular complexity index is 686. The summed E-state index contributed by atoms with van der Waals surface area (Å²) in [5, 5.41) is 3.19. The lowest BCUT2D eigenvalue weighted by Crippen LogP contribution is -2.55. The molecule has 0 amide bonds. The fourth-order valence-electron chi connectivity index (χ4n) is 4.52. The molecule has 0 saturated heterocycles. The van der Waals surface area contributed by atoms with Crippen molar-refractivity contribution in [2.45, 2.75) is 24.9 Å². The minimum atomic E-state index is -1.83. The Morgan fingerprint density at radius 1 is 0.586 bits per heavy atom. The molecule has 1 aliphatic heterocycles. The van der Waals surface area contributed by atoms with E-state index in [0.29, 0.717) is 26.4 Å². The third-order valence-electron chi connectivity index (χ3n) is 5.82. The minimum Gasteiger partial charge on any atom is -0.382 e. The largest absolute Gasteiger partial charge is 0.382 e. The van der Waals surface area contributed by atoms with Crippen molar-refractivity contribution in [1.82, 2.24) is 0 Å². The number of benzene rings is 2. The maximum Gasteiger partial charge on any atom is 0.119 e. The molecule has 158 valence electrons. The highest BCUT2D eigenvalue weighted by atomic mass is 28.3. The highest BCUT2D eigenvalue weighted by molar-refractivity contribution is 7.05. The summed E-state index contributed by atoms with van der Waals surface area (Å²) in [5.41, 5.74) is 2.88. The molecule has 0 N–H and O–H groups in total. The average Bonchev–Trinajstić information content (AvgIpc) is 3.04. The predicted molar refractivity (Wildman–Crippen MR) is 121 cm³/mol. The Hall–Kier alpha value is -1.50. The van der Waals surface area contributed by atoms with Gasteiger partial charge >= 0.3 is 0 Å². The lowest BCUT2D eigenvalue weighted by molar-refractivity contribution is 0.0702. The molecule has 0 spiro atoms. The van der Waals surface area contributed by atoms with Crippen LogP contribution in [0.4, 0.5) is 0 Å². The van der Waals surface area contributed by atoms with E-state index < -0.39 is 8.07 Å². The van der Waals surface area contributed by atoms with Gasteiger partial charge < -0.3 is 18.9 Å². The molecule has 0 radical (unpaired) electrons. The molecular weight excluding hydrogens is 380 g/mol. The number of rotatable bonds is 14. The summed E-state index contributed by atoms with van der Waals surface area (Å²) in [4.78, 5) is 0. The van der Waals surface area contributed by atoms with Crippen LogP contribution in [0.15, 0.2) is 48.5 Å². The molecule has 3 rings (SSSR count). The van der Waals surface area contributed by atoms with Crippen LogP contribution in [-0.2, 0) is 18.9 Å². The Morgan fingerprint density at radius 3 is 1.48 bits per heavy atom. The van der Waals surface area contributed by atoms with Crippen molar-refractivity contribution in [2.75, 3.05) is 53.9 Å². The normalized spacial score (nSPS) is 14.0. The second-order valence-electron chi connectivity index (χ2n) is 7.59. The van der Waals surface area contributed by atoms with Crippen LogP contribution >= 0.6 is 0 Å². The van der Waals surface area contributed by atoms with Gasteiger partial charge in [0.2, 0.25) is 0 Å². The summed E-state index contributed by atoms with van der Waals surface area (Å²) in [6.07, 6.45) is 2.17. The van der Waals surface area contributed by atoms with Gasteiger partial charge in [-0.25, -0.2) is 0 Å². The SMILES string of the molecule is COCCOCCC[Si]1(CCCOCCOC)c2ccccc2-c2ccccc21. The van der Waals surface area contributed by atoms with Crippen LogP contribution in [0.3, 0.4) is 0 Å². The van der Waals surface area contributed by atoms with Gasteiger partial charge in [-0.05, 0) is 46.4 Å². The molecule has 0 aromatic heterocycles. The van der Waals surface area contributed by atoms with Crippen LogP contribution in [0.5, 0.6) is 0 Å². The quantitative estimate of drug-likeness (QED) is 0.351. The summed E-state index contributed by atoms with van der Waals surface area (Å²) in [7, 11) is 1.60. The van der Waals surface area contributed by atoms with E-state index in [0.717, 1.165) is 26.1 Å². The summed E-state index contributed by atoms with van der Waals surface area (Å²) in [5.74, 6) is 0. The topological polar surface area (TPSA) is 36.9 Å². The van der Waals surface area contributed by atoms with Crippen molar-refractivity contribution in [3.63, 3.8) is 0 Å². The predicted octanol–water partition coefficient (Wildman–Crippen LogP) is 3.34. The van der Waals surface area contributed by atoms with E-state index in [4.69, 9.17) is 18.9 Å². The second-order valence-corrected chi connectivity index (χ2v) is 11.8. The van der Waals surface area contributed by atoms with E-state index in [1.165, 1.54) is 23.2 Å². The van der Waals surface area contributed by atoms with Gasteiger partial charge in [0.15, 0.2) is 0 Å². The number of hydrogen-bond donors (Lipinski definition) is 0. The van der Waals surface area contributed by atoms with Gasteiger partial charge in [-0.2, -0.15) is 0 Å². The molecule has 29 heavy (non-hydrogen) atoms. The monoisotopic (exact) mass is 414 g/mol. The third kappa shape index (κ3) is 5.35. The van der Waals surface area contributed by atoms with Gasteiger partial charge in [-0.1, -0.05) is 48.5 Å². The summed E-state index contributed by atoms with van der Waals surface area (Å²) >= 11 is 0. The van der Waals surface area contributed by atoms with Gasteiger partial charge in [0.05, 0.1) is 26.4 Å². The highest BCUT2D eigenvalue weighted by Crippen LogP contribution is 2.34. The molecule has 0 saturated carbocycles. The van der Waals surface area contributed by atoms with Crippen molar-refractivity contribution in [2.24, 2.45) is 0 Å². The molecule has 1 aliphatic rings. The van der Waals surface area contributed by atoms with Crippen molar-refractivity contribution in [3.05, 3.63) is 48.5 Å². The Kier molecular flexibility index (Phi) is 8.89. The van der Waals surface area contributed by atoms with Crippen LogP contribution in [0, 0.1) is 0 Å². The molecule has 0 bridgehead atoms. The zero-order valence-corrected chi connectivity index (χ0v) is 18.8. The molecule has 2 aromatic carbocycles. The minimum absolute atomic E-state index is 0.660. The van der Waals surface area contributed by atoms with Crippen molar-refractivity contribution < 1.29 is 18.9 Å². The Balaban J connectivity index is 1.75. The fourth-order valence-corrected chi connectivity index (χ4v) is 9.93. The zero-order valence-electron chi connectivity index (χ0n) is 17.8.